The number of carbonyl (C=O) groups is 1. The zero-order chi connectivity index (χ0) is 15.8. The maximum Gasteiger partial charge on any atom is 0.222 e. The lowest BCUT2D eigenvalue weighted by Crippen LogP contribution is -2.40. The molecule has 0 aliphatic heterocycles. The van der Waals surface area contributed by atoms with E-state index in [0.717, 1.165) is 5.52 Å². The number of carbonyl (C=O) groups excluding carboxylic acids is 1. The predicted octanol–water partition coefficient (Wildman–Crippen LogP) is 3.75. The van der Waals surface area contributed by atoms with Gasteiger partial charge >= 0.3 is 0 Å². The van der Waals surface area contributed by atoms with E-state index in [1.54, 1.807) is 10.6 Å². The molecule has 0 radical (unpaired) electrons. The van der Waals surface area contributed by atoms with E-state index in [9.17, 15) is 9.18 Å². The van der Waals surface area contributed by atoms with Crippen LogP contribution < -0.4 is 5.32 Å². The highest BCUT2D eigenvalue weighted by Gasteiger charge is 2.15. The Morgan fingerprint density at radius 2 is 2.14 bits per heavy atom. The largest absolute Gasteiger partial charge is 0.351 e. The third-order valence-corrected chi connectivity index (χ3v) is 4.04. The molecule has 1 amide bonds. The van der Waals surface area contributed by atoms with Crippen LogP contribution in [0.15, 0.2) is 12.1 Å². The quantitative estimate of drug-likeness (QED) is 0.586. The zero-order valence-corrected chi connectivity index (χ0v) is 15.1. The molecule has 0 fully saturated rings. The number of nitrogens with one attached hydrogen (secondary N) is 2. The Kier molecular flexibility index (Phi) is 4.72. The fraction of sp³-hybridized carbons (Fsp3) is 0.429. The molecular weight excluding hydrogens is 404 g/mol. The van der Waals surface area contributed by atoms with Gasteiger partial charge in [-0.05, 0) is 61.6 Å². The molecule has 0 aliphatic rings. The highest BCUT2D eigenvalue weighted by molar-refractivity contribution is 14.1. The molecule has 0 bridgehead atoms. The standard InChI is InChI=1S/C14H17FIN3OS/c1-14(2,3)18-12(20)4-5-19-11-6-8(15)9(16)7-10(11)17-13(19)21/h6-7H,4-5H2,1-3H3,(H,17,21)(H,18,20). The van der Waals surface area contributed by atoms with Gasteiger partial charge in [0, 0.05) is 24.6 Å². The number of amides is 1. The average Bonchev–Trinajstić information content (AvgIpc) is 2.60. The predicted molar refractivity (Wildman–Crippen MR) is 92.3 cm³/mol. The van der Waals surface area contributed by atoms with E-state index in [0.29, 0.717) is 26.8 Å². The molecule has 21 heavy (non-hydrogen) atoms. The number of aryl methyl sites for hydroxylation is 1. The number of halogens is 2. The fourth-order valence-corrected chi connectivity index (χ4v) is 2.83. The van der Waals surface area contributed by atoms with Crippen LogP contribution in [-0.4, -0.2) is 21.0 Å². The topological polar surface area (TPSA) is 49.8 Å². The number of aromatic nitrogens is 2. The second-order valence-electron chi connectivity index (χ2n) is 5.91. The van der Waals surface area contributed by atoms with Crippen molar-refractivity contribution >= 4 is 51.7 Å². The van der Waals surface area contributed by atoms with Gasteiger partial charge in [0.25, 0.3) is 0 Å². The number of imidazole rings is 1. The maximum atomic E-state index is 13.7. The molecule has 1 heterocycles. The molecule has 2 N–H and O–H groups in total. The van der Waals surface area contributed by atoms with Crippen molar-refractivity contribution in [2.24, 2.45) is 0 Å². The summed E-state index contributed by atoms with van der Waals surface area (Å²) in [5.41, 5.74) is 1.20. The van der Waals surface area contributed by atoms with E-state index >= 15 is 0 Å². The molecule has 1 aromatic carbocycles. The van der Waals surface area contributed by atoms with Crippen molar-refractivity contribution in [1.82, 2.24) is 14.9 Å². The van der Waals surface area contributed by atoms with E-state index in [1.165, 1.54) is 6.07 Å². The van der Waals surface area contributed by atoms with Gasteiger partial charge in [0.1, 0.15) is 5.82 Å². The molecule has 0 saturated heterocycles. The summed E-state index contributed by atoms with van der Waals surface area (Å²) in [4.78, 5) is 14.9. The van der Waals surface area contributed by atoms with Gasteiger partial charge in [-0.2, -0.15) is 0 Å². The summed E-state index contributed by atoms with van der Waals surface area (Å²) in [7, 11) is 0. The molecule has 2 rings (SSSR count). The Balaban J connectivity index is 2.23. The first kappa shape index (κ1) is 16.4. The number of benzene rings is 1. The first-order valence-electron chi connectivity index (χ1n) is 6.56. The van der Waals surface area contributed by atoms with E-state index in [4.69, 9.17) is 12.2 Å². The van der Waals surface area contributed by atoms with Gasteiger partial charge in [-0.25, -0.2) is 4.39 Å². The SMILES string of the molecule is CC(C)(C)NC(=O)CCn1c(=S)[nH]c2cc(I)c(F)cc21. The third kappa shape index (κ3) is 4.03. The van der Waals surface area contributed by atoms with Gasteiger partial charge in [-0.1, -0.05) is 0 Å². The van der Waals surface area contributed by atoms with E-state index in [-0.39, 0.29) is 17.3 Å². The normalized spacial score (nSPS) is 11.9. The summed E-state index contributed by atoms with van der Waals surface area (Å²) in [5, 5.41) is 2.90. The molecule has 0 saturated carbocycles. The zero-order valence-electron chi connectivity index (χ0n) is 12.1. The minimum absolute atomic E-state index is 0.0512. The Morgan fingerprint density at radius 1 is 1.48 bits per heavy atom. The Bertz CT molecular complexity index is 745. The highest BCUT2D eigenvalue weighted by atomic mass is 127. The lowest BCUT2D eigenvalue weighted by molar-refractivity contribution is -0.122. The highest BCUT2D eigenvalue weighted by Crippen LogP contribution is 2.21. The molecule has 2 aromatic rings. The van der Waals surface area contributed by atoms with Crippen molar-refractivity contribution in [3.05, 3.63) is 26.3 Å². The summed E-state index contributed by atoms with van der Waals surface area (Å²) in [6.07, 6.45) is 0.298. The second-order valence-corrected chi connectivity index (χ2v) is 7.46. The van der Waals surface area contributed by atoms with Crippen LogP contribution in [0.1, 0.15) is 27.2 Å². The van der Waals surface area contributed by atoms with E-state index in [2.05, 4.69) is 10.3 Å². The smallest absolute Gasteiger partial charge is 0.222 e. The molecule has 7 heteroatoms. The summed E-state index contributed by atoms with van der Waals surface area (Å²) >= 11 is 7.19. The average molecular weight is 421 g/mol. The maximum absolute atomic E-state index is 13.7. The van der Waals surface area contributed by atoms with Gasteiger partial charge in [0.15, 0.2) is 4.77 Å². The van der Waals surface area contributed by atoms with Crippen LogP contribution in [0.3, 0.4) is 0 Å². The molecule has 114 valence electrons. The molecule has 1 aromatic heterocycles. The first-order chi connectivity index (χ1) is 9.67. The van der Waals surface area contributed by atoms with Crippen LogP contribution >= 0.6 is 34.8 Å². The third-order valence-electron chi connectivity index (χ3n) is 2.89. The van der Waals surface area contributed by atoms with Gasteiger partial charge in [-0.3, -0.25) is 4.79 Å². The number of nitrogens with zero attached hydrogens (tertiary/aromatic N) is 1. The van der Waals surface area contributed by atoms with Gasteiger partial charge < -0.3 is 14.9 Å². The summed E-state index contributed by atoms with van der Waals surface area (Å²) in [6, 6.07) is 3.16. The van der Waals surface area contributed by atoms with E-state index in [1.807, 2.05) is 43.4 Å². The summed E-state index contributed by atoms with van der Waals surface area (Å²) < 4.78 is 16.5. The van der Waals surface area contributed by atoms with Gasteiger partial charge in [0.05, 0.1) is 14.6 Å². The van der Waals surface area contributed by atoms with Gasteiger partial charge in [0.2, 0.25) is 5.91 Å². The van der Waals surface area contributed by atoms with Crippen LogP contribution in [0.5, 0.6) is 0 Å². The number of rotatable bonds is 3. The minimum Gasteiger partial charge on any atom is -0.351 e. The van der Waals surface area contributed by atoms with Crippen LogP contribution in [0, 0.1) is 14.2 Å². The molecule has 0 aliphatic carbocycles. The number of hydrogen-bond acceptors (Lipinski definition) is 2. The van der Waals surface area contributed by atoms with Crippen LogP contribution in [0.25, 0.3) is 11.0 Å². The summed E-state index contributed by atoms with van der Waals surface area (Å²) in [5.74, 6) is -0.338. The van der Waals surface area contributed by atoms with Crippen LogP contribution in [-0.2, 0) is 11.3 Å². The lowest BCUT2D eigenvalue weighted by Gasteiger charge is -2.20. The molecule has 0 atom stereocenters. The van der Waals surface area contributed by atoms with Crippen LogP contribution in [0.2, 0.25) is 0 Å². The summed E-state index contributed by atoms with van der Waals surface area (Å²) in [6.45, 7) is 6.21. The Hall–Kier alpha value is -0.960. The minimum atomic E-state index is -0.287. The first-order valence-corrected chi connectivity index (χ1v) is 8.04. The number of aromatic amines is 1. The van der Waals surface area contributed by atoms with Crippen molar-refractivity contribution in [1.29, 1.82) is 0 Å². The van der Waals surface area contributed by atoms with Crippen molar-refractivity contribution in [2.45, 2.75) is 39.3 Å². The monoisotopic (exact) mass is 421 g/mol. The number of hydrogen-bond donors (Lipinski definition) is 2. The fourth-order valence-electron chi connectivity index (χ4n) is 2.07. The van der Waals surface area contributed by atoms with Crippen molar-refractivity contribution in [2.75, 3.05) is 0 Å². The van der Waals surface area contributed by atoms with Crippen molar-refractivity contribution in [3.63, 3.8) is 0 Å². The van der Waals surface area contributed by atoms with E-state index < -0.39 is 0 Å². The van der Waals surface area contributed by atoms with Crippen molar-refractivity contribution in [3.8, 4) is 0 Å². The number of H-pyrrole nitrogens is 1. The molecule has 0 spiro atoms. The van der Waals surface area contributed by atoms with Gasteiger partial charge in [-0.15, -0.1) is 0 Å². The molecular formula is C14H17FIN3OS. The lowest BCUT2D eigenvalue weighted by atomic mass is 10.1. The molecule has 0 unspecified atom stereocenters. The second kappa shape index (κ2) is 6.04. The number of fused-ring (bicyclic) bond motifs is 1. The van der Waals surface area contributed by atoms with Crippen LogP contribution in [0.4, 0.5) is 4.39 Å². The Morgan fingerprint density at radius 3 is 2.76 bits per heavy atom. The Labute approximate surface area is 141 Å². The van der Waals surface area contributed by atoms with Crippen molar-refractivity contribution < 1.29 is 9.18 Å². The molecule has 4 nitrogen and oxygen atoms in total.